The van der Waals surface area contributed by atoms with Crippen molar-refractivity contribution in [3.63, 3.8) is 0 Å². The van der Waals surface area contributed by atoms with Crippen LogP contribution in [0.3, 0.4) is 0 Å². The fraction of sp³-hybridized carbons (Fsp3) is 0.300. The Kier molecular flexibility index (Phi) is 7.69. The van der Waals surface area contributed by atoms with Gasteiger partial charge in [0.15, 0.2) is 0 Å². The molecule has 10 heteroatoms. The maximum Gasteiger partial charge on any atom is 0.337 e. The number of nitrogens with one attached hydrogen (secondary N) is 1. The molecule has 1 N–H and O–H groups in total. The van der Waals surface area contributed by atoms with E-state index in [9.17, 15) is 18.0 Å². The van der Waals surface area contributed by atoms with Crippen LogP contribution in [-0.2, 0) is 19.6 Å². The van der Waals surface area contributed by atoms with Gasteiger partial charge in [-0.2, -0.15) is 0 Å². The molecule has 1 atom stereocenters. The number of ether oxygens (including phenoxy) is 2. The van der Waals surface area contributed by atoms with Gasteiger partial charge in [-0.05, 0) is 56.3 Å². The van der Waals surface area contributed by atoms with Gasteiger partial charge in [0.05, 0.1) is 41.9 Å². The first-order valence-corrected chi connectivity index (χ1v) is 11.2. The summed E-state index contributed by atoms with van der Waals surface area (Å²) in [5.74, 6) is -0.640. The van der Waals surface area contributed by atoms with Crippen LogP contribution in [0.2, 0.25) is 5.02 Å². The fourth-order valence-electron chi connectivity index (χ4n) is 2.77. The van der Waals surface area contributed by atoms with Gasteiger partial charge in [0, 0.05) is 0 Å². The summed E-state index contributed by atoms with van der Waals surface area (Å²) in [7, 11) is -2.56. The van der Waals surface area contributed by atoms with Gasteiger partial charge in [-0.25, -0.2) is 13.2 Å². The minimum Gasteiger partial charge on any atom is -0.494 e. The van der Waals surface area contributed by atoms with E-state index < -0.39 is 27.9 Å². The highest BCUT2D eigenvalue weighted by atomic mass is 35.5. The monoisotopic (exact) mass is 454 g/mol. The molecule has 0 aliphatic carbocycles. The highest BCUT2D eigenvalue weighted by molar-refractivity contribution is 7.92. The zero-order valence-corrected chi connectivity index (χ0v) is 18.6. The molecule has 0 fully saturated rings. The van der Waals surface area contributed by atoms with Crippen molar-refractivity contribution < 1.29 is 27.5 Å². The van der Waals surface area contributed by atoms with Crippen LogP contribution in [0.4, 0.5) is 11.4 Å². The van der Waals surface area contributed by atoms with Crippen molar-refractivity contribution in [2.75, 3.05) is 29.6 Å². The van der Waals surface area contributed by atoms with E-state index in [0.717, 1.165) is 10.6 Å². The molecule has 0 radical (unpaired) electrons. The van der Waals surface area contributed by atoms with Crippen molar-refractivity contribution in [3.05, 3.63) is 53.1 Å². The Labute approximate surface area is 180 Å². The van der Waals surface area contributed by atoms with E-state index in [1.54, 1.807) is 24.3 Å². The largest absolute Gasteiger partial charge is 0.494 e. The van der Waals surface area contributed by atoms with Crippen LogP contribution in [0.25, 0.3) is 0 Å². The molecule has 8 nitrogen and oxygen atoms in total. The lowest BCUT2D eigenvalue weighted by Gasteiger charge is -2.28. The molecule has 0 bridgehead atoms. The van der Waals surface area contributed by atoms with Crippen LogP contribution in [0.1, 0.15) is 24.2 Å². The number of hydrogen-bond acceptors (Lipinski definition) is 6. The minimum atomic E-state index is -3.79. The second-order valence-electron chi connectivity index (χ2n) is 6.34. The lowest BCUT2D eigenvalue weighted by Crippen LogP contribution is -2.45. The van der Waals surface area contributed by atoms with Gasteiger partial charge < -0.3 is 14.8 Å². The number of rotatable bonds is 8. The van der Waals surface area contributed by atoms with E-state index in [4.69, 9.17) is 16.3 Å². The van der Waals surface area contributed by atoms with Crippen molar-refractivity contribution in [3.8, 4) is 5.75 Å². The molecule has 162 valence electrons. The molecule has 0 heterocycles. The molecule has 1 amide bonds. The van der Waals surface area contributed by atoms with Crippen LogP contribution in [-0.4, -0.2) is 46.3 Å². The van der Waals surface area contributed by atoms with Gasteiger partial charge >= 0.3 is 5.97 Å². The molecule has 0 saturated heterocycles. The number of carbonyl (C=O) groups excluding carboxylic acids is 2. The number of hydrogen-bond donors (Lipinski definition) is 1. The van der Waals surface area contributed by atoms with Gasteiger partial charge in [-0.1, -0.05) is 11.6 Å². The molecule has 2 aromatic rings. The zero-order valence-electron chi connectivity index (χ0n) is 17.0. The maximum absolute atomic E-state index is 12.8. The lowest BCUT2D eigenvalue weighted by molar-refractivity contribution is -0.116. The van der Waals surface area contributed by atoms with Crippen molar-refractivity contribution in [1.29, 1.82) is 0 Å². The Morgan fingerprint density at radius 3 is 2.33 bits per heavy atom. The number of nitrogens with zero attached hydrogens (tertiary/aromatic N) is 1. The number of carbonyl (C=O) groups is 2. The number of amides is 1. The lowest BCUT2D eigenvalue weighted by atomic mass is 10.2. The van der Waals surface area contributed by atoms with Gasteiger partial charge in [0.25, 0.3) is 0 Å². The third-order valence-corrected chi connectivity index (χ3v) is 5.71. The number of sulfonamides is 1. The van der Waals surface area contributed by atoms with E-state index >= 15 is 0 Å². The Morgan fingerprint density at radius 1 is 1.17 bits per heavy atom. The first-order chi connectivity index (χ1) is 14.1. The van der Waals surface area contributed by atoms with E-state index in [-0.39, 0.29) is 16.3 Å². The molecule has 0 spiro atoms. The van der Waals surface area contributed by atoms with Gasteiger partial charge in [0.2, 0.25) is 15.9 Å². The molecule has 0 saturated carbocycles. The van der Waals surface area contributed by atoms with E-state index in [1.165, 1.54) is 32.2 Å². The smallest absolute Gasteiger partial charge is 0.337 e. The number of anilines is 2. The Morgan fingerprint density at radius 2 is 1.80 bits per heavy atom. The molecule has 2 rings (SSSR count). The summed E-state index contributed by atoms with van der Waals surface area (Å²) in [6.07, 6.45) is 1.01. The summed E-state index contributed by atoms with van der Waals surface area (Å²) in [6, 6.07) is 9.51. The second kappa shape index (κ2) is 9.82. The summed E-state index contributed by atoms with van der Waals surface area (Å²) in [4.78, 5) is 24.5. The zero-order chi connectivity index (χ0) is 22.5. The van der Waals surface area contributed by atoms with Gasteiger partial charge in [-0.15, -0.1) is 0 Å². The topological polar surface area (TPSA) is 102 Å². The van der Waals surface area contributed by atoms with E-state index in [1.807, 2.05) is 6.92 Å². The second-order valence-corrected chi connectivity index (χ2v) is 8.60. The number of benzene rings is 2. The molecule has 0 unspecified atom stereocenters. The summed E-state index contributed by atoms with van der Waals surface area (Å²) in [5, 5.41) is 2.76. The number of esters is 1. The molecule has 2 aromatic carbocycles. The molecular weight excluding hydrogens is 432 g/mol. The number of methoxy groups -OCH3 is 1. The predicted octanol–water partition coefficient (Wildman–Crippen LogP) is 3.32. The Hall–Kier alpha value is -2.78. The Balaban J connectivity index is 2.32. The average molecular weight is 455 g/mol. The Bertz CT molecular complexity index is 1020. The average Bonchev–Trinajstić information content (AvgIpc) is 2.69. The van der Waals surface area contributed by atoms with Crippen molar-refractivity contribution in [1.82, 2.24) is 0 Å². The SMILES string of the molecule is CCOc1ccc(N([C@H](C)C(=O)Nc2cc(C(=O)OC)ccc2Cl)S(C)(=O)=O)cc1. The summed E-state index contributed by atoms with van der Waals surface area (Å²) in [5.41, 5.74) is 0.658. The van der Waals surface area contributed by atoms with Crippen LogP contribution in [0.5, 0.6) is 5.75 Å². The third kappa shape index (κ3) is 5.64. The van der Waals surface area contributed by atoms with Crippen LogP contribution >= 0.6 is 11.6 Å². The van der Waals surface area contributed by atoms with E-state index in [0.29, 0.717) is 18.0 Å². The van der Waals surface area contributed by atoms with Crippen LogP contribution in [0.15, 0.2) is 42.5 Å². The van der Waals surface area contributed by atoms with Crippen LogP contribution < -0.4 is 14.4 Å². The minimum absolute atomic E-state index is 0.163. The molecule has 30 heavy (non-hydrogen) atoms. The molecule has 0 aliphatic rings. The summed E-state index contributed by atoms with van der Waals surface area (Å²) < 4.78 is 35.9. The number of halogens is 1. The fourth-order valence-corrected chi connectivity index (χ4v) is 4.11. The first-order valence-electron chi connectivity index (χ1n) is 8.99. The first kappa shape index (κ1) is 23.5. The molecule has 0 aliphatic heterocycles. The standard InChI is InChI=1S/C20H23ClN2O6S/c1-5-29-16-9-7-15(8-10-16)23(30(4,26)27)13(2)19(24)22-18-12-14(20(25)28-3)6-11-17(18)21/h6-13H,5H2,1-4H3,(H,22,24)/t13-/m1/s1. The summed E-state index contributed by atoms with van der Waals surface area (Å²) in [6.45, 7) is 3.76. The normalized spacial score (nSPS) is 12.0. The summed E-state index contributed by atoms with van der Waals surface area (Å²) >= 11 is 6.11. The molecular formula is C20H23ClN2O6S. The van der Waals surface area contributed by atoms with E-state index in [2.05, 4.69) is 10.1 Å². The van der Waals surface area contributed by atoms with Gasteiger partial charge in [-0.3, -0.25) is 9.10 Å². The highest BCUT2D eigenvalue weighted by Gasteiger charge is 2.29. The quantitative estimate of drug-likeness (QED) is 0.614. The third-order valence-electron chi connectivity index (χ3n) is 4.14. The van der Waals surface area contributed by atoms with Crippen LogP contribution in [0, 0.1) is 0 Å². The predicted molar refractivity (Wildman–Crippen MR) is 116 cm³/mol. The maximum atomic E-state index is 12.8. The molecule has 0 aromatic heterocycles. The van der Waals surface area contributed by atoms with Crippen molar-refractivity contribution in [2.24, 2.45) is 0 Å². The van der Waals surface area contributed by atoms with Crippen molar-refractivity contribution in [2.45, 2.75) is 19.9 Å². The van der Waals surface area contributed by atoms with Crippen molar-refractivity contribution >= 4 is 44.9 Å². The highest BCUT2D eigenvalue weighted by Crippen LogP contribution is 2.27. The van der Waals surface area contributed by atoms with Gasteiger partial charge in [0.1, 0.15) is 11.8 Å².